The second-order valence-corrected chi connectivity index (χ2v) is 2.44. The van der Waals surface area contributed by atoms with Gasteiger partial charge < -0.3 is 9.47 Å². The Balaban J connectivity index is 2.50. The number of ether oxygens (including phenoxy) is 2. The fourth-order valence-electron chi connectivity index (χ4n) is 1.20. The van der Waals surface area contributed by atoms with Crippen molar-refractivity contribution < 1.29 is 9.47 Å². The molecule has 1 rings (SSSR count). The lowest BCUT2D eigenvalue weighted by Crippen LogP contribution is -1.88. The van der Waals surface area contributed by atoms with E-state index in [1.807, 2.05) is 0 Å². The molecule has 58 valence electrons. The maximum Gasteiger partial charge on any atom is 0.278 e. The van der Waals surface area contributed by atoms with Gasteiger partial charge in [-0.1, -0.05) is 13.3 Å². The number of rotatable bonds is 3. The second-order valence-electron chi connectivity index (χ2n) is 2.44. The maximum absolute atomic E-state index is 5.22. The molecule has 0 radical (unpaired) electrons. The summed E-state index contributed by atoms with van der Waals surface area (Å²) in [5, 5.41) is 0. The van der Waals surface area contributed by atoms with Crippen molar-refractivity contribution in [3.8, 4) is 0 Å². The van der Waals surface area contributed by atoms with Crippen LogP contribution in [-0.4, -0.2) is 13.7 Å². The van der Waals surface area contributed by atoms with Gasteiger partial charge in [0.2, 0.25) is 0 Å². The summed E-state index contributed by atoms with van der Waals surface area (Å²) in [6, 6.07) is 0. The first-order valence-corrected chi connectivity index (χ1v) is 3.77. The SMILES string of the molecule is CCCC1=C(OC)OCC1. The van der Waals surface area contributed by atoms with Crippen LogP contribution in [0.3, 0.4) is 0 Å². The van der Waals surface area contributed by atoms with Gasteiger partial charge in [0, 0.05) is 12.0 Å². The summed E-state index contributed by atoms with van der Waals surface area (Å²) in [6.45, 7) is 2.97. The van der Waals surface area contributed by atoms with E-state index in [2.05, 4.69) is 6.92 Å². The largest absolute Gasteiger partial charge is 0.469 e. The summed E-state index contributed by atoms with van der Waals surface area (Å²) in [5.41, 5.74) is 1.34. The van der Waals surface area contributed by atoms with Crippen LogP contribution < -0.4 is 0 Å². The Bertz CT molecular complexity index is 138. The lowest BCUT2D eigenvalue weighted by Gasteiger charge is -2.01. The van der Waals surface area contributed by atoms with Crippen LogP contribution in [0, 0.1) is 0 Å². The van der Waals surface area contributed by atoms with Crippen LogP contribution in [0.5, 0.6) is 0 Å². The Hall–Kier alpha value is -0.660. The quantitative estimate of drug-likeness (QED) is 0.600. The zero-order chi connectivity index (χ0) is 7.40. The summed E-state index contributed by atoms with van der Waals surface area (Å²) in [4.78, 5) is 0. The molecule has 0 amide bonds. The van der Waals surface area contributed by atoms with Crippen LogP contribution in [0.2, 0.25) is 0 Å². The zero-order valence-corrected chi connectivity index (χ0v) is 6.64. The van der Waals surface area contributed by atoms with E-state index >= 15 is 0 Å². The molecule has 1 aliphatic heterocycles. The summed E-state index contributed by atoms with van der Waals surface area (Å²) >= 11 is 0. The Kier molecular flexibility index (Phi) is 2.60. The van der Waals surface area contributed by atoms with Crippen LogP contribution in [0.1, 0.15) is 26.2 Å². The van der Waals surface area contributed by atoms with Crippen LogP contribution in [0.15, 0.2) is 11.5 Å². The fourth-order valence-corrected chi connectivity index (χ4v) is 1.20. The second kappa shape index (κ2) is 3.49. The molecular formula is C8H14O2. The van der Waals surface area contributed by atoms with Gasteiger partial charge in [0.15, 0.2) is 0 Å². The van der Waals surface area contributed by atoms with Gasteiger partial charge in [0.1, 0.15) is 0 Å². The summed E-state index contributed by atoms with van der Waals surface area (Å²) in [6.07, 6.45) is 3.34. The molecule has 0 N–H and O–H groups in total. The predicted octanol–water partition coefficient (Wildman–Crippen LogP) is 2.06. The minimum Gasteiger partial charge on any atom is -0.469 e. The lowest BCUT2D eigenvalue weighted by atomic mass is 10.1. The third-order valence-corrected chi connectivity index (χ3v) is 1.66. The normalized spacial score (nSPS) is 17.4. The molecule has 0 spiro atoms. The van der Waals surface area contributed by atoms with E-state index in [0.29, 0.717) is 0 Å². The minimum absolute atomic E-state index is 0.766. The van der Waals surface area contributed by atoms with E-state index in [9.17, 15) is 0 Å². The van der Waals surface area contributed by atoms with Gasteiger partial charge in [-0.2, -0.15) is 0 Å². The Morgan fingerprint density at radius 2 is 2.40 bits per heavy atom. The van der Waals surface area contributed by atoms with Crippen LogP contribution in [0.25, 0.3) is 0 Å². The standard InChI is InChI=1S/C8H14O2/c1-3-4-7-5-6-10-8(7)9-2/h3-6H2,1-2H3. The van der Waals surface area contributed by atoms with E-state index < -0.39 is 0 Å². The Morgan fingerprint density at radius 3 is 3.00 bits per heavy atom. The zero-order valence-electron chi connectivity index (χ0n) is 6.64. The van der Waals surface area contributed by atoms with Crippen LogP contribution in [0.4, 0.5) is 0 Å². The molecule has 0 fully saturated rings. The van der Waals surface area contributed by atoms with Gasteiger partial charge in [-0.3, -0.25) is 0 Å². The van der Waals surface area contributed by atoms with Crippen molar-refractivity contribution in [1.29, 1.82) is 0 Å². The van der Waals surface area contributed by atoms with Crippen molar-refractivity contribution in [2.45, 2.75) is 26.2 Å². The van der Waals surface area contributed by atoms with Crippen LogP contribution in [-0.2, 0) is 9.47 Å². The molecule has 0 bridgehead atoms. The minimum atomic E-state index is 0.766. The highest BCUT2D eigenvalue weighted by molar-refractivity contribution is 5.07. The first kappa shape index (κ1) is 7.45. The van der Waals surface area contributed by atoms with Gasteiger partial charge >= 0.3 is 0 Å². The smallest absolute Gasteiger partial charge is 0.278 e. The number of hydrogen-bond donors (Lipinski definition) is 0. The topological polar surface area (TPSA) is 18.5 Å². The van der Waals surface area contributed by atoms with E-state index in [1.165, 1.54) is 12.0 Å². The molecule has 2 nitrogen and oxygen atoms in total. The molecule has 0 saturated carbocycles. The fraction of sp³-hybridized carbons (Fsp3) is 0.750. The molecule has 0 aromatic rings. The van der Waals surface area contributed by atoms with Gasteiger partial charge in [-0.15, -0.1) is 0 Å². The maximum atomic E-state index is 5.22. The van der Waals surface area contributed by atoms with E-state index in [-0.39, 0.29) is 0 Å². The van der Waals surface area contributed by atoms with Gasteiger partial charge in [-0.25, -0.2) is 0 Å². The van der Waals surface area contributed by atoms with Gasteiger partial charge in [0.05, 0.1) is 13.7 Å². The molecule has 0 unspecified atom stereocenters. The molecule has 2 heteroatoms. The van der Waals surface area contributed by atoms with Crippen LogP contribution >= 0.6 is 0 Å². The van der Waals surface area contributed by atoms with Crippen molar-refractivity contribution in [2.75, 3.05) is 13.7 Å². The van der Waals surface area contributed by atoms with Crippen molar-refractivity contribution in [3.05, 3.63) is 11.5 Å². The lowest BCUT2D eigenvalue weighted by molar-refractivity contribution is 0.0819. The molecule has 0 aromatic carbocycles. The molecule has 10 heavy (non-hydrogen) atoms. The first-order chi connectivity index (χ1) is 4.88. The van der Waals surface area contributed by atoms with E-state index in [1.54, 1.807) is 7.11 Å². The van der Waals surface area contributed by atoms with Crippen molar-refractivity contribution >= 4 is 0 Å². The monoisotopic (exact) mass is 142 g/mol. The molecule has 0 saturated heterocycles. The summed E-state index contributed by atoms with van der Waals surface area (Å²) in [7, 11) is 1.66. The molecule has 1 heterocycles. The highest BCUT2D eigenvalue weighted by Gasteiger charge is 2.14. The third kappa shape index (κ3) is 1.43. The Morgan fingerprint density at radius 1 is 1.60 bits per heavy atom. The summed E-state index contributed by atoms with van der Waals surface area (Å²) < 4.78 is 10.3. The molecule has 0 aromatic heterocycles. The first-order valence-electron chi connectivity index (χ1n) is 3.77. The number of methoxy groups -OCH3 is 1. The molecular weight excluding hydrogens is 128 g/mol. The molecule has 0 atom stereocenters. The molecule has 1 aliphatic rings. The predicted molar refractivity (Wildman–Crippen MR) is 39.5 cm³/mol. The average Bonchev–Trinajstić information content (AvgIpc) is 2.36. The van der Waals surface area contributed by atoms with Crippen molar-refractivity contribution in [3.63, 3.8) is 0 Å². The average molecular weight is 142 g/mol. The van der Waals surface area contributed by atoms with E-state index in [0.717, 1.165) is 25.4 Å². The van der Waals surface area contributed by atoms with Crippen molar-refractivity contribution in [2.24, 2.45) is 0 Å². The highest BCUT2D eigenvalue weighted by Crippen LogP contribution is 2.23. The number of hydrogen-bond acceptors (Lipinski definition) is 2. The summed E-state index contributed by atoms with van der Waals surface area (Å²) in [5.74, 6) is 0.766. The van der Waals surface area contributed by atoms with Crippen molar-refractivity contribution in [1.82, 2.24) is 0 Å². The Labute approximate surface area is 61.8 Å². The van der Waals surface area contributed by atoms with E-state index in [4.69, 9.17) is 9.47 Å². The molecule has 0 aliphatic carbocycles. The highest BCUT2D eigenvalue weighted by atomic mass is 16.7. The van der Waals surface area contributed by atoms with Gasteiger partial charge in [-0.05, 0) is 6.42 Å². The van der Waals surface area contributed by atoms with Gasteiger partial charge in [0.25, 0.3) is 5.95 Å². The third-order valence-electron chi connectivity index (χ3n) is 1.66.